The first-order valence-electron chi connectivity index (χ1n) is 9.44. The maximum atomic E-state index is 13.1. The molecule has 2 atom stereocenters. The molecule has 1 heterocycles. The highest BCUT2D eigenvalue weighted by molar-refractivity contribution is 7.48. The van der Waals surface area contributed by atoms with Crippen LogP contribution in [0.25, 0.3) is 0 Å². The predicted molar refractivity (Wildman–Crippen MR) is 107 cm³/mol. The molecule has 0 N–H and O–H groups in total. The quantitative estimate of drug-likeness (QED) is 0.437. The molecule has 0 aliphatic carbocycles. The number of carbonyl (C=O) groups is 2. The maximum absolute atomic E-state index is 13.1. The third kappa shape index (κ3) is 4.20. The normalized spacial score (nSPS) is 15.6. The van der Waals surface area contributed by atoms with Gasteiger partial charge in [-0.1, -0.05) is 42.5 Å². The van der Waals surface area contributed by atoms with E-state index in [0.717, 1.165) is 4.90 Å². The average molecular weight is 428 g/mol. The smallest absolute Gasteiger partial charge is 0.287 e. The van der Waals surface area contributed by atoms with E-state index in [1.807, 2.05) is 6.07 Å². The Labute approximate surface area is 174 Å². The lowest BCUT2D eigenvalue weighted by atomic mass is 10.0. The van der Waals surface area contributed by atoms with Gasteiger partial charge < -0.3 is 0 Å². The fraction of sp³-hybridized carbons (Fsp3) is 0.286. The van der Waals surface area contributed by atoms with Crippen LogP contribution in [0.1, 0.15) is 46.2 Å². The molecule has 2 aromatic rings. The van der Waals surface area contributed by atoms with E-state index < -0.39 is 31.8 Å². The fourth-order valence-electron chi connectivity index (χ4n) is 3.28. The van der Waals surface area contributed by atoms with Gasteiger partial charge in [-0.15, -0.1) is 0 Å². The van der Waals surface area contributed by atoms with Gasteiger partial charge in [0.2, 0.25) is 0 Å². The molecule has 2 amide bonds. The molecule has 156 valence electrons. The molecular weight excluding hydrogens is 407 g/mol. The minimum absolute atomic E-state index is 0.0262. The number of rotatable bonds is 9. The van der Waals surface area contributed by atoms with Crippen LogP contribution in [0.4, 0.5) is 0 Å². The van der Waals surface area contributed by atoms with Gasteiger partial charge in [-0.3, -0.25) is 28.1 Å². The van der Waals surface area contributed by atoms with E-state index in [9.17, 15) is 19.4 Å². The summed E-state index contributed by atoms with van der Waals surface area (Å²) in [6.07, 6.45) is -1.49. The van der Waals surface area contributed by atoms with Crippen LogP contribution in [0.15, 0.2) is 54.6 Å². The van der Waals surface area contributed by atoms with Crippen molar-refractivity contribution < 1.29 is 27.7 Å². The van der Waals surface area contributed by atoms with Gasteiger partial charge in [0, 0.05) is 0 Å². The summed E-state index contributed by atoms with van der Waals surface area (Å²) in [5.74, 6) is -1.12. The van der Waals surface area contributed by atoms with Crippen LogP contribution in [0.2, 0.25) is 0 Å². The molecule has 0 saturated heterocycles. The van der Waals surface area contributed by atoms with Gasteiger partial charge in [-0.05, 0) is 31.5 Å². The molecule has 1 aliphatic rings. The third-order valence-corrected chi connectivity index (χ3v) is 6.11. The number of fused-ring (bicyclic) bond motifs is 1. The SMILES string of the molecule is CCOP(=O)(OCC)OC(C#N)[C@@H](c1ccccc1)N1C(=O)c2ccccc2C1=O. The lowest BCUT2D eigenvalue weighted by Gasteiger charge is -2.31. The standard InChI is InChI=1S/C21H21N2O6P/c1-3-27-30(26,28-4-2)29-18(14-22)19(15-10-6-5-7-11-15)23-20(24)16-12-8-9-13-17(16)21(23)25/h5-13,18-19H,3-4H2,1-2H3/t18?,19-/m1/s1. The van der Waals surface area contributed by atoms with Crippen LogP contribution in [-0.4, -0.2) is 36.0 Å². The Bertz CT molecular complexity index is 975. The molecule has 0 fully saturated rings. The van der Waals surface area contributed by atoms with Crippen molar-refractivity contribution >= 4 is 19.6 Å². The van der Waals surface area contributed by atoms with Gasteiger partial charge in [0.1, 0.15) is 6.04 Å². The number of hydrogen-bond donors (Lipinski definition) is 0. The van der Waals surface area contributed by atoms with Crippen molar-refractivity contribution in [3.05, 3.63) is 71.3 Å². The number of nitrogens with zero attached hydrogens (tertiary/aromatic N) is 2. The van der Waals surface area contributed by atoms with Crippen LogP contribution in [0, 0.1) is 11.3 Å². The summed E-state index contributed by atoms with van der Waals surface area (Å²) >= 11 is 0. The Morgan fingerprint density at radius 3 is 1.90 bits per heavy atom. The summed E-state index contributed by atoms with van der Waals surface area (Å²) in [5.41, 5.74) is 0.939. The second kappa shape index (κ2) is 9.33. The zero-order valence-electron chi connectivity index (χ0n) is 16.6. The number of nitriles is 1. The summed E-state index contributed by atoms with van der Waals surface area (Å²) in [7, 11) is -4.09. The van der Waals surface area contributed by atoms with Crippen molar-refractivity contribution in [3.63, 3.8) is 0 Å². The van der Waals surface area contributed by atoms with Crippen molar-refractivity contribution in [3.8, 4) is 6.07 Å². The van der Waals surface area contributed by atoms with Crippen molar-refractivity contribution in [1.82, 2.24) is 4.90 Å². The molecule has 1 aliphatic heterocycles. The highest BCUT2D eigenvalue weighted by atomic mass is 31.2. The Balaban J connectivity index is 2.06. The minimum Gasteiger partial charge on any atom is -0.287 e. The van der Waals surface area contributed by atoms with E-state index >= 15 is 0 Å². The molecular formula is C21H21N2O6P. The molecule has 9 heteroatoms. The third-order valence-electron chi connectivity index (χ3n) is 4.48. The summed E-state index contributed by atoms with van der Waals surface area (Å²) in [4.78, 5) is 27.1. The number of hydrogen-bond acceptors (Lipinski definition) is 7. The molecule has 30 heavy (non-hydrogen) atoms. The van der Waals surface area contributed by atoms with Crippen molar-refractivity contribution in [2.45, 2.75) is 26.0 Å². The van der Waals surface area contributed by atoms with Crippen LogP contribution in [-0.2, 0) is 18.1 Å². The fourth-order valence-corrected chi connectivity index (χ4v) is 4.54. The Morgan fingerprint density at radius 2 is 1.43 bits per heavy atom. The van der Waals surface area contributed by atoms with Gasteiger partial charge in [0.15, 0.2) is 6.10 Å². The topological polar surface area (TPSA) is 106 Å². The van der Waals surface area contributed by atoms with Gasteiger partial charge in [-0.25, -0.2) is 4.57 Å². The van der Waals surface area contributed by atoms with Crippen LogP contribution in [0.3, 0.4) is 0 Å². The van der Waals surface area contributed by atoms with Crippen LogP contribution >= 0.6 is 7.82 Å². The molecule has 3 rings (SSSR count). The first-order chi connectivity index (χ1) is 14.5. The maximum Gasteiger partial charge on any atom is 0.476 e. The second-order valence-corrected chi connectivity index (χ2v) is 7.94. The first kappa shape index (κ1) is 21.9. The van der Waals surface area contributed by atoms with E-state index in [4.69, 9.17) is 13.6 Å². The lowest BCUT2D eigenvalue weighted by Crippen LogP contribution is -2.41. The minimum atomic E-state index is -4.09. The number of amides is 2. The second-order valence-electron chi connectivity index (χ2n) is 6.32. The highest BCUT2D eigenvalue weighted by Crippen LogP contribution is 2.52. The molecule has 8 nitrogen and oxygen atoms in total. The number of carbonyl (C=O) groups excluding carboxylic acids is 2. The molecule has 2 aromatic carbocycles. The highest BCUT2D eigenvalue weighted by Gasteiger charge is 2.46. The Kier molecular flexibility index (Phi) is 6.80. The van der Waals surface area contributed by atoms with Gasteiger partial charge in [-0.2, -0.15) is 5.26 Å². The monoisotopic (exact) mass is 428 g/mol. The summed E-state index contributed by atoms with van der Waals surface area (Å²) < 4.78 is 28.7. The number of phosphoric ester groups is 1. The molecule has 0 saturated carbocycles. The number of imide groups is 1. The Hall–Kier alpha value is -2.82. The number of benzene rings is 2. The van der Waals surface area contributed by atoms with Crippen LogP contribution in [0.5, 0.6) is 0 Å². The van der Waals surface area contributed by atoms with Crippen molar-refractivity contribution in [2.24, 2.45) is 0 Å². The Morgan fingerprint density at radius 1 is 0.933 bits per heavy atom. The van der Waals surface area contributed by atoms with E-state index in [0.29, 0.717) is 5.56 Å². The molecule has 0 spiro atoms. The largest absolute Gasteiger partial charge is 0.476 e. The van der Waals surface area contributed by atoms with Gasteiger partial charge >= 0.3 is 7.82 Å². The van der Waals surface area contributed by atoms with E-state index in [1.54, 1.807) is 68.4 Å². The average Bonchev–Trinajstić information content (AvgIpc) is 3.00. The molecule has 0 bridgehead atoms. The lowest BCUT2D eigenvalue weighted by molar-refractivity contribution is 0.0358. The van der Waals surface area contributed by atoms with Gasteiger partial charge in [0.05, 0.1) is 30.4 Å². The van der Waals surface area contributed by atoms with Gasteiger partial charge in [0.25, 0.3) is 11.8 Å². The summed E-state index contributed by atoms with van der Waals surface area (Å²) in [5, 5.41) is 9.85. The zero-order chi connectivity index (χ0) is 21.7. The number of phosphoric acid groups is 1. The molecule has 1 unspecified atom stereocenters. The summed E-state index contributed by atoms with van der Waals surface area (Å²) in [6.45, 7) is 3.27. The molecule has 0 radical (unpaired) electrons. The summed E-state index contributed by atoms with van der Waals surface area (Å²) in [6, 6.07) is 15.7. The van der Waals surface area contributed by atoms with Crippen molar-refractivity contribution in [1.29, 1.82) is 5.26 Å². The first-order valence-corrected chi connectivity index (χ1v) is 10.9. The van der Waals surface area contributed by atoms with Crippen LogP contribution < -0.4 is 0 Å². The zero-order valence-corrected chi connectivity index (χ0v) is 17.5. The van der Waals surface area contributed by atoms with E-state index in [2.05, 4.69) is 0 Å². The van der Waals surface area contributed by atoms with Crippen molar-refractivity contribution in [2.75, 3.05) is 13.2 Å². The predicted octanol–water partition coefficient (Wildman–Crippen LogP) is 4.11. The van der Waals surface area contributed by atoms with E-state index in [1.165, 1.54) is 0 Å². The molecule has 0 aromatic heterocycles. The van der Waals surface area contributed by atoms with E-state index in [-0.39, 0.29) is 24.3 Å².